The maximum absolute atomic E-state index is 13.6. The van der Waals surface area contributed by atoms with Crippen LogP contribution in [-0.4, -0.2) is 11.7 Å². The van der Waals surface area contributed by atoms with Crippen molar-refractivity contribution in [2.75, 3.05) is 6.61 Å². The van der Waals surface area contributed by atoms with E-state index in [2.05, 4.69) is 0 Å². The summed E-state index contributed by atoms with van der Waals surface area (Å²) in [5, 5.41) is 8.61. The molecule has 2 nitrogen and oxygen atoms in total. The van der Waals surface area contributed by atoms with Gasteiger partial charge in [0.15, 0.2) is 0 Å². The third kappa shape index (κ3) is 2.73. The molecule has 1 rings (SSSR count). The Morgan fingerprint density at radius 3 is 2.67 bits per heavy atom. The zero-order chi connectivity index (χ0) is 11.4. The van der Waals surface area contributed by atoms with Crippen LogP contribution in [0.1, 0.15) is 30.0 Å². The molecule has 0 saturated carbocycles. The number of aliphatic hydroxyl groups is 1. The van der Waals surface area contributed by atoms with Gasteiger partial charge in [0, 0.05) is 18.2 Å². The lowest BCUT2D eigenvalue weighted by atomic mass is 9.99. The number of nitrogens with two attached hydrogens (primary N) is 1. The van der Waals surface area contributed by atoms with E-state index in [4.69, 9.17) is 10.8 Å². The van der Waals surface area contributed by atoms with Crippen molar-refractivity contribution in [1.82, 2.24) is 0 Å². The number of hydrogen-bond acceptors (Lipinski definition) is 2. The molecular weight excluding hydrogens is 200 g/mol. The smallest absolute Gasteiger partial charge is 0.133 e. The molecular formula is C11H15F2NO. The second kappa shape index (κ2) is 5.19. The van der Waals surface area contributed by atoms with Gasteiger partial charge in [-0.2, -0.15) is 0 Å². The lowest BCUT2D eigenvalue weighted by Crippen LogP contribution is -2.15. The first-order valence-corrected chi connectivity index (χ1v) is 4.89. The minimum atomic E-state index is -0.697. The van der Waals surface area contributed by atoms with Crippen LogP contribution in [0.4, 0.5) is 8.78 Å². The molecule has 1 atom stereocenters. The Balaban J connectivity index is 2.96. The average molecular weight is 215 g/mol. The van der Waals surface area contributed by atoms with Crippen LogP contribution in [0.5, 0.6) is 0 Å². The van der Waals surface area contributed by atoms with Crippen molar-refractivity contribution in [3.63, 3.8) is 0 Å². The van der Waals surface area contributed by atoms with Gasteiger partial charge in [-0.25, -0.2) is 8.78 Å². The van der Waals surface area contributed by atoms with Gasteiger partial charge in [0.05, 0.1) is 0 Å². The Kier molecular flexibility index (Phi) is 4.17. The Labute approximate surface area is 87.7 Å². The fourth-order valence-electron chi connectivity index (χ4n) is 1.47. The number of aryl methyl sites for hydroxylation is 1. The first-order valence-electron chi connectivity index (χ1n) is 4.89. The van der Waals surface area contributed by atoms with Gasteiger partial charge in [-0.05, 0) is 31.4 Å². The largest absolute Gasteiger partial charge is 0.396 e. The quantitative estimate of drug-likeness (QED) is 0.807. The van der Waals surface area contributed by atoms with E-state index in [1.54, 1.807) is 6.92 Å². The van der Waals surface area contributed by atoms with E-state index >= 15 is 0 Å². The Morgan fingerprint density at radius 1 is 1.40 bits per heavy atom. The summed E-state index contributed by atoms with van der Waals surface area (Å²) in [4.78, 5) is 0. The second-order valence-corrected chi connectivity index (χ2v) is 3.56. The van der Waals surface area contributed by atoms with E-state index in [1.165, 1.54) is 12.1 Å². The molecule has 0 aliphatic heterocycles. The number of aliphatic hydroxyl groups excluding tert-OH is 1. The van der Waals surface area contributed by atoms with E-state index in [1.807, 2.05) is 0 Å². The minimum Gasteiger partial charge on any atom is -0.396 e. The second-order valence-electron chi connectivity index (χ2n) is 3.56. The Morgan fingerprint density at radius 2 is 2.07 bits per heavy atom. The lowest BCUT2D eigenvalue weighted by Gasteiger charge is -2.14. The van der Waals surface area contributed by atoms with Crippen molar-refractivity contribution in [2.45, 2.75) is 25.8 Å². The molecule has 0 aliphatic carbocycles. The fraction of sp³-hybridized carbons (Fsp3) is 0.455. The zero-order valence-electron chi connectivity index (χ0n) is 8.63. The summed E-state index contributed by atoms with van der Waals surface area (Å²) in [5.41, 5.74) is 5.96. The van der Waals surface area contributed by atoms with Crippen molar-refractivity contribution in [3.05, 3.63) is 34.9 Å². The van der Waals surface area contributed by atoms with E-state index in [9.17, 15) is 8.78 Å². The highest BCUT2D eigenvalue weighted by Crippen LogP contribution is 2.24. The highest BCUT2D eigenvalue weighted by Gasteiger charge is 2.17. The number of benzene rings is 1. The van der Waals surface area contributed by atoms with Crippen LogP contribution in [0.2, 0.25) is 0 Å². The molecule has 0 radical (unpaired) electrons. The van der Waals surface area contributed by atoms with E-state index < -0.39 is 17.7 Å². The van der Waals surface area contributed by atoms with Gasteiger partial charge in [0.2, 0.25) is 0 Å². The van der Waals surface area contributed by atoms with Crippen molar-refractivity contribution in [1.29, 1.82) is 0 Å². The first-order chi connectivity index (χ1) is 7.07. The summed E-state index contributed by atoms with van der Waals surface area (Å²) in [7, 11) is 0. The van der Waals surface area contributed by atoms with Crippen LogP contribution in [0.25, 0.3) is 0 Å². The van der Waals surface area contributed by atoms with Crippen LogP contribution in [0, 0.1) is 18.6 Å². The number of rotatable bonds is 4. The maximum atomic E-state index is 13.6. The van der Waals surface area contributed by atoms with Crippen LogP contribution in [-0.2, 0) is 0 Å². The van der Waals surface area contributed by atoms with Crippen LogP contribution >= 0.6 is 0 Å². The molecule has 1 aromatic rings. The first kappa shape index (κ1) is 12.1. The number of halogens is 2. The highest BCUT2D eigenvalue weighted by atomic mass is 19.1. The highest BCUT2D eigenvalue weighted by molar-refractivity contribution is 5.28. The molecule has 0 bridgehead atoms. The van der Waals surface area contributed by atoms with Gasteiger partial charge in [-0.15, -0.1) is 0 Å². The molecule has 1 aromatic carbocycles. The molecule has 0 aliphatic rings. The SMILES string of the molecule is Cc1ccc(F)c([C@@H](N)CCCO)c1F. The van der Waals surface area contributed by atoms with E-state index in [0.717, 1.165) is 0 Å². The van der Waals surface area contributed by atoms with Gasteiger partial charge in [0.1, 0.15) is 11.6 Å². The summed E-state index contributed by atoms with van der Waals surface area (Å²) in [6, 6.07) is 1.90. The molecule has 0 saturated heterocycles. The van der Waals surface area contributed by atoms with Gasteiger partial charge in [-0.3, -0.25) is 0 Å². The van der Waals surface area contributed by atoms with Gasteiger partial charge in [0.25, 0.3) is 0 Å². The molecule has 0 fully saturated rings. The molecule has 15 heavy (non-hydrogen) atoms. The molecule has 0 heterocycles. The summed E-state index contributed by atoms with van der Waals surface area (Å²) in [5.74, 6) is -1.20. The number of hydrogen-bond donors (Lipinski definition) is 2. The standard InChI is InChI=1S/C11H15F2NO/c1-7-4-5-8(12)10(11(7)13)9(14)3-2-6-15/h4-5,9,15H,2-3,6,14H2,1H3/t9-/m0/s1. The predicted molar refractivity (Wildman–Crippen MR) is 54.3 cm³/mol. The summed E-state index contributed by atoms with van der Waals surface area (Å²) < 4.78 is 26.9. The molecule has 0 aromatic heterocycles. The van der Waals surface area contributed by atoms with Crippen LogP contribution < -0.4 is 5.73 Å². The normalized spacial score (nSPS) is 12.9. The topological polar surface area (TPSA) is 46.2 Å². The molecule has 3 N–H and O–H groups in total. The van der Waals surface area contributed by atoms with Gasteiger partial charge < -0.3 is 10.8 Å². The summed E-state index contributed by atoms with van der Waals surface area (Å²) in [6.07, 6.45) is 0.807. The molecule has 0 spiro atoms. The predicted octanol–water partition coefficient (Wildman–Crippen LogP) is 2.05. The average Bonchev–Trinajstić information content (AvgIpc) is 2.21. The van der Waals surface area contributed by atoms with Gasteiger partial charge >= 0.3 is 0 Å². The van der Waals surface area contributed by atoms with Crippen molar-refractivity contribution in [2.24, 2.45) is 5.73 Å². The monoisotopic (exact) mass is 215 g/mol. The van der Waals surface area contributed by atoms with E-state index in [-0.39, 0.29) is 12.2 Å². The molecule has 4 heteroatoms. The molecule has 84 valence electrons. The minimum absolute atomic E-state index is 0.0250. The van der Waals surface area contributed by atoms with E-state index in [0.29, 0.717) is 18.4 Å². The van der Waals surface area contributed by atoms with Gasteiger partial charge in [-0.1, -0.05) is 6.07 Å². The van der Waals surface area contributed by atoms with Crippen molar-refractivity contribution < 1.29 is 13.9 Å². The third-order valence-electron chi connectivity index (χ3n) is 2.36. The summed E-state index contributed by atoms with van der Waals surface area (Å²) >= 11 is 0. The Bertz CT molecular complexity index is 342. The van der Waals surface area contributed by atoms with Crippen LogP contribution in [0.15, 0.2) is 12.1 Å². The fourth-order valence-corrected chi connectivity index (χ4v) is 1.47. The Hall–Kier alpha value is -1.00. The zero-order valence-corrected chi connectivity index (χ0v) is 8.63. The van der Waals surface area contributed by atoms with Crippen molar-refractivity contribution >= 4 is 0 Å². The molecule has 0 amide bonds. The lowest BCUT2D eigenvalue weighted by molar-refractivity contribution is 0.278. The third-order valence-corrected chi connectivity index (χ3v) is 2.36. The van der Waals surface area contributed by atoms with Crippen molar-refractivity contribution in [3.8, 4) is 0 Å². The molecule has 0 unspecified atom stereocenters. The van der Waals surface area contributed by atoms with Crippen LogP contribution in [0.3, 0.4) is 0 Å². The summed E-state index contributed by atoms with van der Waals surface area (Å²) in [6.45, 7) is 1.54. The maximum Gasteiger partial charge on any atom is 0.133 e.